The summed E-state index contributed by atoms with van der Waals surface area (Å²) in [4.78, 5) is 25.2. The van der Waals surface area contributed by atoms with E-state index in [0.717, 1.165) is 25.9 Å². The molecule has 16 heavy (non-hydrogen) atoms. The van der Waals surface area contributed by atoms with E-state index in [1.54, 1.807) is 7.05 Å². The van der Waals surface area contributed by atoms with Gasteiger partial charge in [0.2, 0.25) is 5.91 Å². The van der Waals surface area contributed by atoms with Crippen molar-refractivity contribution in [2.45, 2.75) is 26.7 Å². The molecule has 1 saturated heterocycles. The fraction of sp³-hybridized carbons (Fsp3) is 0.833. The first-order valence-electron chi connectivity index (χ1n) is 6.01. The van der Waals surface area contributed by atoms with Crippen LogP contribution in [0.5, 0.6) is 0 Å². The predicted octanol–water partition coefficient (Wildman–Crippen LogP) is 0.669. The molecule has 0 aliphatic carbocycles. The van der Waals surface area contributed by atoms with Gasteiger partial charge in [-0.15, -0.1) is 0 Å². The highest BCUT2D eigenvalue weighted by Gasteiger charge is 2.26. The lowest BCUT2D eigenvalue weighted by Crippen LogP contribution is -2.44. The number of amides is 1. The molecule has 1 aliphatic heterocycles. The lowest BCUT2D eigenvalue weighted by molar-refractivity contribution is -0.128. The highest BCUT2D eigenvalue weighted by Crippen LogP contribution is 2.16. The van der Waals surface area contributed by atoms with Gasteiger partial charge in [0.05, 0.1) is 12.5 Å². The maximum absolute atomic E-state index is 11.6. The highest BCUT2D eigenvalue weighted by molar-refractivity contribution is 5.82. The summed E-state index contributed by atoms with van der Waals surface area (Å²) in [5.74, 6) is 0.498. The van der Waals surface area contributed by atoms with Crippen molar-refractivity contribution in [3.63, 3.8) is 0 Å². The van der Waals surface area contributed by atoms with Crippen molar-refractivity contribution in [3.8, 4) is 0 Å². The van der Waals surface area contributed by atoms with Crippen LogP contribution in [0.4, 0.5) is 0 Å². The normalized spacial score (nSPS) is 22.1. The number of nitrogens with one attached hydrogen (secondary N) is 1. The molecule has 4 nitrogen and oxygen atoms in total. The number of nitrogens with zero attached hydrogens (tertiary/aromatic N) is 1. The number of piperidine rings is 1. The third kappa shape index (κ3) is 3.59. The summed E-state index contributed by atoms with van der Waals surface area (Å²) < 4.78 is 0. The minimum Gasteiger partial charge on any atom is -0.359 e. The molecule has 4 heteroatoms. The second-order valence-corrected chi connectivity index (χ2v) is 4.81. The lowest BCUT2D eigenvalue weighted by atomic mass is 9.96. The SMILES string of the molecule is CNC(=O)C1CCCN(CC(=O)C(C)C)C1. The van der Waals surface area contributed by atoms with Crippen LogP contribution in [-0.2, 0) is 9.59 Å². The van der Waals surface area contributed by atoms with Crippen molar-refractivity contribution < 1.29 is 9.59 Å². The van der Waals surface area contributed by atoms with Crippen molar-refractivity contribution in [3.05, 3.63) is 0 Å². The summed E-state index contributed by atoms with van der Waals surface area (Å²) >= 11 is 0. The summed E-state index contributed by atoms with van der Waals surface area (Å²) in [5.41, 5.74) is 0. The Bertz CT molecular complexity index is 264. The Kier molecular flexibility index (Phi) is 4.93. The van der Waals surface area contributed by atoms with E-state index < -0.39 is 0 Å². The van der Waals surface area contributed by atoms with Crippen molar-refractivity contribution >= 4 is 11.7 Å². The molecule has 0 bridgehead atoms. The van der Waals surface area contributed by atoms with E-state index in [1.807, 2.05) is 13.8 Å². The van der Waals surface area contributed by atoms with Crippen LogP contribution in [0.3, 0.4) is 0 Å². The van der Waals surface area contributed by atoms with Crippen LogP contribution < -0.4 is 5.32 Å². The van der Waals surface area contributed by atoms with Crippen molar-refractivity contribution in [2.24, 2.45) is 11.8 Å². The van der Waals surface area contributed by atoms with E-state index in [1.165, 1.54) is 0 Å². The molecule has 92 valence electrons. The van der Waals surface area contributed by atoms with E-state index in [0.29, 0.717) is 6.54 Å². The second-order valence-electron chi connectivity index (χ2n) is 4.81. The fourth-order valence-corrected chi connectivity index (χ4v) is 2.02. The summed E-state index contributed by atoms with van der Waals surface area (Å²) in [7, 11) is 1.67. The molecule has 1 N–H and O–H groups in total. The maximum Gasteiger partial charge on any atom is 0.224 e. The molecule has 0 saturated carbocycles. The van der Waals surface area contributed by atoms with Crippen LogP contribution in [0.1, 0.15) is 26.7 Å². The summed E-state index contributed by atoms with van der Waals surface area (Å²) in [5, 5.41) is 2.68. The molecule has 0 aromatic carbocycles. The highest BCUT2D eigenvalue weighted by atomic mass is 16.2. The van der Waals surface area contributed by atoms with Crippen LogP contribution >= 0.6 is 0 Å². The van der Waals surface area contributed by atoms with Gasteiger partial charge in [-0.2, -0.15) is 0 Å². The van der Waals surface area contributed by atoms with E-state index >= 15 is 0 Å². The van der Waals surface area contributed by atoms with Crippen LogP contribution in [0.15, 0.2) is 0 Å². The smallest absolute Gasteiger partial charge is 0.224 e. The van der Waals surface area contributed by atoms with Gasteiger partial charge in [-0.3, -0.25) is 14.5 Å². The zero-order valence-electron chi connectivity index (χ0n) is 10.5. The molecule has 0 aromatic rings. The predicted molar refractivity (Wildman–Crippen MR) is 63.1 cm³/mol. The van der Waals surface area contributed by atoms with Crippen LogP contribution in [0.2, 0.25) is 0 Å². The van der Waals surface area contributed by atoms with Gasteiger partial charge < -0.3 is 5.32 Å². The summed E-state index contributed by atoms with van der Waals surface area (Å²) in [6.07, 6.45) is 1.94. The number of rotatable bonds is 4. The lowest BCUT2D eigenvalue weighted by Gasteiger charge is -2.31. The standard InChI is InChI=1S/C12H22N2O2/c1-9(2)11(15)8-14-6-4-5-10(7-14)12(16)13-3/h9-10H,4-8H2,1-3H3,(H,13,16). The maximum atomic E-state index is 11.6. The van der Waals surface area contributed by atoms with Gasteiger partial charge in [-0.1, -0.05) is 13.8 Å². The quantitative estimate of drug-likeness (QED) is 0.766. The topological polar surface area (TPSA) is 49.4 Å². The number of Topliss-reactive ketones (excluding diaryl/α,β-unsaturated/α-hetero) is 1. The Morgan fingerprint density at radius 3 is 2.69 bits per heavy atom. The Morgan fingerprint density at radius 2 is 2.12 bits per heavy atom. The van der Waals surface area contributed by atoms with E-state index in [4.69, 9.17) is 0 Å². The Labute approximate surface area is 97.4 Å². The molecule has 0 radical (unpaired) electrons. The van der Waals surface area contributed by atoms with Crippen molar-refractivity contribution in [1.82, 2.24) is 10.2 Å². The zero-order chi connectivity index (χ0) is 12.1. The molecule has 1 atom stereocenters. The minimum atomic E-state index is 0.0544. The first-order valence-corrected chi connectivity index (χ1v) is 6.01. The largest absolute Gasteiger partial charge is 0.359 e. The Hall–Kier alpha value is -0.900. The van der Waals surface area contributed by atoms with Gasteiger partial charge >= 0.3 is 0 Å². The molecule has 1 fully saturated rings. The van der Waals surface area contributed by atoms with Crippen LogP contribution in [0, 0.1) is 11.8 Å². The van der Waals surface area contributed by atoms with E-state index in [9.17, 15) is 9.59 Å². The van der Waals surface area contributed by atoms with E-state index in [-0.39, 0.29) is 23.5 Å². The van der Waals surface area contributed by atoms with Gasteiger partial charge in [0.25, 0.3) is 0 Å². The summed E-state index contributed by atoms with van der Waals surface area (Å²) in [6, 6.07) is 0. The molecule has 1 amide bonds. The molecule has 0 spiro atoms. The van der Waals surface area contributed by atoms with Crippen molar-refractivity contribution in [1.29, 1.82) is 0 Å². The number of likely N-dealkylation sites (tertiary alicyclic amines) is 1. The molecular weight excluding hydrogens is 204 g/mol. The fourth-order valence-electron chi connectivity index (χ4n) is 2.02. The van der Waals surface area contributed by atoms with Gasteiger partial charge in [-0.05, 0) is 19.4 Å². The summed E-state index contributed by atoms with van der Waals surface area (Å²) in [6.45, 7) is 5.99. The molecule has 0 aromatic heterocycles. The minimum absolute atomic E-state index is 0.0544. The Morgan fingerprint density at radius 1 is 1.44 bits per heavy atom. The number of hydrogen-bond acceptors (Lipinski definition) is 3. The first kappa shape index (κ1) is 13.2. The molecule has 1 rings (SSSR count). The van der Waals surface area contributed by atoms with Crippen molar-refractivity contribution in [2.75, 3.05) is 26.7 Å². The average Bonchev–Trinajstić information content (AvgIpc) is 2.28. The zero-order valence-corrected chi connectivity index (χ0v) is 10.5. The van der Waals surface area contributed by atoms with Gasteiger partial charge in [0, 0.05) is 19.5 Å². The Balaban J connectivity index is 2.44. The number of ketones is 1. The van der Waals surface area contributed by atoms with Gasteiger partial charge in [0.15, 0.2) is 0 Å². The third-order valence-electron chi connectivity index (χ3n) is 3.15. The molecule has 1 unspecified atom stereocenters. The van der Waals surface area contributed by atoms with E-state index in [2.05, 4.69) is 10.2 Å². The average molecular weight is 226 g/mol. The third-order valence-corrected chi connectivity index (χ3v) is 3.15. The van der Waals surface area contributed by atoms with Gasteiger partial charge in [-0.25, -0.2) is 0 Å². The van der Waals surface area contributed by atoms with Crippen LogP contribution in [0.25, 0.3) is 0 Å². The molecule has 1 heterocycles. The number of carbonyl (C=O) groups excluding carboxylic acids is 2. The monoisotopic (exact) mass is 226 g/mol. The molecule has 1 aliphatic rings. The van der Waals surface area contributed by atoms with Gasteiger partial charge in [0.1, 0.15) is 5.78 Å². The number of carbonyl (C=O) groups is 2. The first-order chi connectivity index (χ1) is 7.54. The molecular formula is C12H22N2O2. The van der Waals surface area contributed by atoms with Crippen LogP contribution in [-0.4, -0.2) is 43.3 Å². The second kappa shape index (κ2) is 5.99. The number of hydrogen-bond donors (Lipinski definition) is 1.